The molecule has 130 valence electrons. The molecule has 0 amide bonds. The minimum Gasteiger partial charge on any atom is -0.508 e. The van der Waals surface area contributed by atoms with E-state index in [-0.39, 0.29) is 12.4 Å². The van der Waals surface area contributed by atoms with Crippen molar-refractivity contribution in [3.05, 3.63) is 59.3 Å². The lowest BCUT2D eigenvalue weighted by Gasteiger charge is -2.09. The molecule has 3 aromatic rings. The summed E-state index contributed by atoms with van der Waals surface area (Å²) in [6.07, 6.45) is 0. The van der Waals surface area contributed by atoms with Gasteiger partial charge in [-0.05, 0) is 44.2 Å². The number of hydrogen-bond donors (Lipinski definition) is 1. The number of hydrogen-bond acceptors (Lipinski definition) is 4. The number of carbonyl (C=O) groups excluding carboxylic acids is 1. The minimum atomic E-state index is -0.420. The van der Waals surface area contributed by atoms with Crippen LogP contribution < -0.4 is 0 Å². The van der Waals surface area contributed by atoms with Gasteiger partial charge in [-0.15, -0.1) is 0 Å². The van der Waals surface area contributed by atoms with E-state index in [2.05, 4.69) is 0 Å². The molecule has 0 aliphatic rings. The monoisotopic (exact) mass is 339 g/mol. The molecule has 25 heavy (non-hydrogen) atoms. The summed E-state index contributed by atoms with van der Waals surface area (Å²) < 4.78 is 12.2. The molecule has 0 aliphatic carbocycles. The average molecular weight is 339 g/mol. The highest BCUT2D eigenvalue weighted by atomic mass is 16.6. The number of nitrogens with zero attached hydrogens (tertiary/aromatic N) is 1. The van der Waals surface area contributed by atoms with E-state index in [0.29, 0.717) is 17.6 Å². The van der Waals surface area contributed by atoms with Gasteiger partial charge in [-0.2, -0.15) is 0 Å². The van der Waals surface area contributed by atoms with Crippen molar-refractivity contribution in [1.29, 1.82) is 0 Å². The number of methoxy groups -OCH3 is 1. The molecule has 0 aliphatic heterocycles. The first kappa shape index (κ1) is 17.0. The van der Waals surface area contributed by atoms with Crippen molar-refractivity contribution in [2.45, 2.75) is 13.8 Å². The predicted molar refractivity (Wildman–Crippen MR) is 96.6 cm³/mol. The Bertz CT molecular complexity index is 910. The molecule has 0 unspecified atom stereocenters. The van der Waals surface area contributed by atoms with E-state index in [1.54, 1.807) is 19.2 Å². The Morgan fingerprint density at radius 3 is 2.48 bits per heavy atom. The highest BCUT2D eigenvalue weighted by Gasteiger charge is 2.22. The van der Waals surface area contributed by atoms with Crippen LogP contribution in [0.4, 0.5) is 0 Å². The molecule has 0 saturated carbocycles. The Balaban J connectivity index is 2.16. The first-order valence-corrected chi connectivity index (χ1v) is 8.10. The van der Waals surface area contributed by atoms with Gasteiger partial charge in [-0.25, -0.2) is 4.79 Å². The number of esters is 1. The number of benzene rings is 2. The molecular formula is C20H21NO4. The first-order chi connectivity index (χ1) is 12.0. The van der Waals surface area contributed by atoms with E-state index in [4.69, 9.17) is 9.47 Å². The Kier molecular flexibility index (Phi) is 4.76. The zero-order chi connectivity index (χ0) is 18.0. The number of phenols is 1. The van der Waals surface area contributed by atoms with Crippen molar-refractivity contribution in [2.24, 2.45) is 0 Å². The summed E-state index contributed by atoms with van der Waals surface area (Å²) in [5.74, 6) is -0.310. The first-order valence-electron chi connectivity index (χ1n) is 8.10. The maximum absolute atomic E-state index is 12.6. The van der Waals surface area contributed by atoms with Crippen LogP contribution >= 0.6 is 0 Å². The fraction of sp³-hybridized carbons (Fsp3) is 0.250. The van der Waals surface area contributed by atoms with Crippen molar-refractivity contribution in [3.63, 3.8) is 0 Å². The van der Waals surface area contributed by atoms with Crippen molar-refractivity contribution in [1.82, 2.24) is 4.57 Å². The number of rotatable bonds is 5. The summed E-state index contributed by atoms with van der Waals surface area (Å²) in [6.45, 7) is 4.43. The lowest BCUT2D eigenvalue weighted by atomic mass is 10.1. The zero-order valence-corrected chi connectivity index (χ0v) is 14.6. The molecule has 0 saturated heterocycles. The van der Waals surface area contributed by atoms with Crippen molar-refractivity contribution in [2.75, 3.05) is 20.3 Å². The summed E-state index contributed by atoms with van der Waals surface area (Å²) in [6, 6.07) is 13.1. The molecule has 1 aromatic heterocycles. The maximum atomic E-state index is 12.6. The average Bonchev–Trinajstić information content (AvgIpc) is 2.87. The largest absolute Gasteiger partial charge is 0.508 e. The van der Waals surface area contributed by atoms with Gasteiger partial charge in [-0.1, -0.05) is 17.7 Å². The van der Waals surface area contributed by atoms with Gasteiger partial charge in [0.15, 0.2) is 0 Å². The Morgan fingerprint density at radius 1 is 1.08 bits per heavy atom. The lowest BCUT2D eigenvalue weighted by Crippen LogP contribution is -2.11. The summed E-state index contributed by atoms with van der Waals surface area (Å²) in [5, 5.41) is 10.5. The van der Waals surface area contributed by atoms with Crippen LogP contribution in [0.5, 0.6) is 5.75 Å². The molecular weight excluding hydrogens is 318 g/mol. The third-order valence-corrected chi connectivity index (χ3v) is 4.20. The number of fused-ring (bicyclic) bond motifs is 1. The van der Waals surface area contributed by atoms with Crippen molar-refractivity contribution >= 4 is 16.9 Å². The van der Waals surface area contributed by atoms with Crippen LogP contribution in [-0.4, -0.2) is 36.0 Å². The second-order valence-corrected chi connectivity index (χ2v) is 5.96. The summed E-state index contributed by atoms with van der Waals surface area (Å²) in [4.78, 5) is 12.6. The minimum absolute atomic E-state index is 0.111. The standard InChI is InChI=1S/C20H21NO4/c1-13-4-6-15(7-5-13)21-14(2)19(20(23)25-11-10-24-3)17-12-16(22)8-9-18(17)21/h4-9,12,22H,10-11H2,1-3H3. The smallest absolute Gasteiger partial charge is 0.340 e. The number of carbonyl (C=O) groups is 1. The number of aromatic nitrogens is 1. The normalized spacial score (nSPS) is 11.0. The van der Waals surface area contributed by atoms with Crippen LogP contribution in [0, 0.1) is 13.8 Å². The molecule has 5 nitrogen and oxygen atoms in total. The van der Waals surface area contributed by atoms with Gasteiger partial charge in [0.25, 0.3) is 0 Å². The van der Waals surface area contributed by atoms with Crippen LogP contribution in [0.1, 0.15) is 21.6 Å². The molecule has 1 N–H and O–H groups in total. The van der Waals surface area contributed by atoms with E-state index in [1.807, 2.05) is 48.7 Å². The molecule has 0 radical (unpaired) electrons. The van der Waals surface area contributed by atoms with E-state index in [0.717, 1.165) is 22.5 Å². The third kappa shape index (κ3) is 3.23. The molecule has 0 bridgehead atoms. The van der Waals surface area contributed by atoms with E-state index < -0.39 is 5.97 Å². The van der Waals surface area contributed by atoms with E-state index in [9.17, 15) is 9.90 Å². The van der Waals surface area contributed by atoms with Gasteiger partial charge >= 0.3 is 5.97 Å². The van der Waals surface area contributed by atoms with Crippen LogP contribution in [-0.2, 0) is 9.47 Å². The van der Waals surface area contributed by atoms with E-state index >= 15 is 0 Å². The molecule has 2 aromatic carbocycles. The molecule has 0 atom stereocenters. The Labute approximate surface area is 146 Å². The highest BCUT2D eigenvalue weighted by Crippen LogP contribution is 2.32. The molecule has 3 rings (SSSR count). The molecule has 0 fully saturated rings. The molecule has 0 spiro atoms. The predicted octanol–water partition coefficient (Wildman–Crippen LogP) is 3.76. The third-order valence-electron chi connectivity index (χ3n) is 4.20. The summed E-state index contributed by atoms with van der Waals surface area (Å²) >= 11 is 0. The number of aryl methyl sites for hydroxylation is 1. The molecule has 5 heteroatoms. The Hall–Kier alpha value is -2.79. The number of phenolic OH excluding ortho intramolecular Hbond substituents is 1. The fourth-order valence-corrected chi connectivity index (χ4v) is 2.98. The van der Waals surface area contributed by atoms with Crippen LogP contribution in [0.2, 0.25) is 0 Å². The summed E-state index contributed by atoms with van der Waals surface area (Å²) in [5.41, 5.74) is 4.19. The van der Waals surface area contributed by atoms with Crippen LogP contribution in [0.3, 0.4) is 0 Å². The number of ether oxygens (including phenoxy) is 2. The fourth-order valence-electron chi connectivity index (χ4n) is 2.98. The highest BCUT2D eigenvalue weighted by molar-refractivity contribution is 6.07. The quantitative estimate of drug-likeness (QED) is 0.568. The van der Waals surface area contributed by atoms with Gasteiger partial charge < -0.3 is 19.1 Å². The van der Waals surface area contributed by atoms with Crippen molar-refractivity contribution < 1.29 is 19.4 Å². The SMILES string of the molecule is COCCOC(=O)c1c(C)n(-c2ccc(C)cc2)c2ccc(O)cc12. The van der Waals surface area contributed by atoms with Gasteiger partial charge in [-0.3, -0.25) is 0 Å². The topological polar surface area (TPSA) is 60.7 Å². The second kappa shape index (κ2) is 6.99. The van der Waals surface area contributed by atoms with Crippen LogP contribution in [0.15, 0.2) is 42.5 Å². The van der Waals surface area contributed by atoms with Gasteiger partial charge in [0.05, 0.1) is 17.7 Å². The van der Waals surface area contributed by atoms with Crippen molar-refractivity contribution in [3.8, 4) is 11.4 Å². The zero-order valence-electron chi connectivity index (χ0n) is 14.6. The summed E-state index contributed by atoms with van der Waals surface area (Å²) in [7, 11) is 1.56. The lowest BCUT2D eigenvalue weighted by molar-refractivity contribution is 0.0389. The maximum Gasteiger partial charge on any atom is 0.340 e. The van der Waals surface area contributed by atoms with Gasteiger partial charge in [0, 0.05) is 23.9 Å². The van der Waals surface area contributed by atoms with Gasteiger partial charge in [0.1, 0.15) is 12.4 Å². The molecule has 1 heterocycles. The van der Waals surface area contributed by atoms with Gasteiger partial charge in [0.2, 0.25) is 0 Å². The second-order valence-electron chi connectivity index (χ2n) is 5.96. The van der Waals surface area contributed by atoms with Crippen LogP contribution in [0.25, 0.3) is 16.6 Å². The number of aromatic hydroxyl groups is 1. The van der Waals surface area contributed by atoms with E-state index in [1.165, 1.54) is 0 Å². The Morgan fingerprint density at radius 2 is 1.80 bits per heavy atom.